The first-order chi connectivity index (χ1) is 17.0. The third kappa shape index (κ3) is 8.41. The molecule has 0 bridgehead atoms. The molecule has 36 heavy (non-hydrogen) atoms. The van der Waals surface area contributed by atoms with Crippen molar-refractivity contribution in [1.82, 2.24) is 15.5 Å². The van der Waals surface area contributed by atoms with Crippen molar-refractivity contribution in [2.75, 3.05) is 18.6 Å². The third-order valence-electron chi connectivity index (χ3n) is 5.79. The second-order valence-corrected chi connectivity index (χ2v) is 9.49. The first-order valence-corrected chi connectivity index (χ1v) is 12.8. The van der Waals surface area contributed by atoms with Crippen molar-refractivity contribution in [1.29, 1.82) is 0 Å². The molecule has 13 heteroatoms. The highest BCUT2D eigenvalue weighted by Gasteiger charge is 2.39. The van der Waals surface area contributed by atoms with Crippen molar-refractivity contribution in [3.63, 3.8) is 0 Å². The molecule has 0 radical (unpaired) electrons. The van der Waals surface area contributed by atoms with E-state index in [1.807, 2.05) is 6.26 Å². The van der Waals surface area contributed by atoms with Gasteiger partial charge >= 0.3 is 11.9 Å². The predicted octanol–water partition coefficient (Wildman–Crippen LogP) is -0.465. The third-order valence-corrected chi connectivity index (χ3v) is 6.44. The molecule has 1 aliphatic rings. The molecule has 1 aromatic carbocycles. The molecule has 0 saturated carbocycles. The zero-order chi connectivity index (χ0) is 26.8. The maximum absolute atomic E-state index is 13.5. The lowest BCUT2D eigenvalue weighted by atomic mass is 10.0. The molecule has 1 aromatic rings. The standard InChI is InChI=1S/C23H32N4O8S/c1-36-10-8-15(24)20(31)25-16(11-13-4-6-14(28)7-5-13)22(33)27-9-2-3-18(27)21(32)26-17(23(34)35)12-19(29)30/h4-7,15-18,28H,2-3,8-12,24H2,1H3,(H,25,31)(H,26,32)(H,29,30)(H,34,35). The number of hydrogen-bond donors (Lipinski definition) is 6. The average Bonchev–Trinajstić information content (AvgIpc) is 3.32. The number of nitrogens with one attached hydrogen (secondary N) is 2. The Morgan fingerprint density at radius 1 is 1.11 bits per heavy atom. The quantitative estimate of drug-likeness (QED) is 0.196. The van der Waals surface area contributed by atoms with Crippen molar-refractivity contribution in [3.05, 3.63) is 29.8 Å². The van der Waals surface area contributed by atoms with Gasteiger partial charge in [0, 0.05) is 13.0 Å². The van der Waals surface area contributed by atoms with Crippen LogP contribution in [0.5, 0.6) is 5.75 Å². The van der Waals surface area contributed by atoms with Crippen molar-refractivity contribution >= 4 is 41.4 Å². The Hall–Kier alpha value is -3.32. The molecule has 1 saturated heterocycles. The van der Waals surface area contributed by atoms with Gasteiger partial charge in [0.05, 0.1) is 12.5 Å². The first kappa shape index (κ1) is 28.9. The zero-order valence-electron chi connectivity index (χ0n) is 19.9. The number of phenolic OH excluding ortho intramolecular Hbond substituents is 1. The summed E-state index contributed by atoms with van der Waals surface area (Å²) in [5.74, 6) is -4.04. The van der Waals surface area contributed by atoms with Crippen molar-refractivity contribution < 1.29 is 39.3 Å². The molecule has 12 nitrogen and oxygen atoms in total. The number of benzene rings is 1. The molecule has 198 valence electrons. The zero-order valence-corrected chi connectivity index (χ0v) is 20.7. The van der Waals surface area contributed by atoms with Crippen LogP contribution in [-0.4, -0.2) is 92.6 Å². The maximum atomic E-state index is 13.5. The van der Waals surface area contributed by atoms with Gasteiger partial charge in [-0.1, -0.05) is 12.1 Å². The monoisotopic (exact) mass is 524 g/mol. The van der Waals surface area contributed by atoms with Crippen molar-refractivity contribution in [2.45, 2.75) is 56.3 Å². The first-order valence-electron chi connectivity index (χ1n) is 11.4. The van der Waals surface area contributed by atoms with Crippen LogP contribution in [0.3, 0.4) is 0 Å². The van der Waals surface area contributed by atoms with E-state index in [4.69, 9.17) is 10.8 Å². The summed E-state index contributed by atoms with van der Waals surface area (Å²) in [6, 6.07) is 1.54. The number of aliphatic carboxylic acids is 2. The number of amides is 3. The van der Waals surface area contributed by atoms with E-state index < -0.39 is 60.2 Å². The highest BCUT2D eigenvalue weighted by atomic mass is 32.2. The van der Waals surface area contributed by atoms with Crippen LogP contribution in [0.4, 0.5) is 0 Å². The fourth-order valence-electron chi connectivity index (χ4n) is 3.87. The smallest absolute Gasteiger partial charge is 0.326 e. The predicted molar refractivity (Wildman–Crippen MR) is 131 cm³/mol. The topological polar surface area (TPSA) is 199 Å². The molecule has 1 aliphatic heterocycles. The van der Waals surface area contributed by atoms with E-state index in [0.29, 0.717) is 24.2 Å². The lowest BCUT2D eigenvalue weighted by Crippen LogP contribution is -2.57. The summed E-state index contributed by atoms with van der Waals surface area (Å²) in [7, 11) is 0. The van der Waals surface area contributed by atoms with Crippen LogP contribution in [0.25, 0.3) is 0 Å². The number of phenols is 1. The minimum Gasteiger partial charge on any atom is -0.508 e. The number of carboxylic acids is 2. The highest BCUT2D eigenvalue weighted by Crippen LogP contribution is 2.21. The van der Waals surface area contributed by atoms with Crippen LogP contribution in [-0.2, 0) is 30.4 Å². The molecule has 4 unspecified atom stereocenters. The Morgan fingerprint density at radius 3 is 2.36 bits per heavy atom. The number of nitrogens with two attached hydrogens (primary N) is 1. The van der Waals surface area contributed by atoms with E-state index >= 15 is 0 Å². The van der Waals surface area contributed by atoms with Gasteiger partial charge in [0.2, 0.25) is 17.7 Å². The summed E-state index contributed by atoms with van der Waals surface area (Å²) in [4.78, 5) is 62.6. The molecular formula is C23H32N4O8S. The molecule has 0 spiro atoms. The van der Waals surface area contributed by atoms with Gasteiger partial charge in [-0.3, -0.25) is 19.2 Å². The number of aromatic hydroxyl groups is 1. The van der Waals surface area contributed by atoms with E-state index in [9.17, 15) is 34.2 Å². The Labute approximate surface area is 212 Å². The number of carbonyl (C=O) groups is 5. The van der Waals surface area contributed by atoms with Crippen LogP contribution in [0.1, 0.15) is 31.2 Å². The van der Waals surface area contributed by atoms with Crippen LogP contribution < -0.4 is 16.4 Å². The Morgan fingerprint density at radius 2 is 1.78 bits per heavy atom. The normalized spacial score (nSPS) is 17.6. The number of rotatable bonds is 13. The van der Waals surface area contributed by atoms with Crippen molar-refractivity contribution in [3.8, 4) is 5.75 Å². The summed E-state index contributed by atoms with van der Waals surface area (Å²) in [5, 5.41) is 32.6. The Balaban J connectivity index is 2.21. The van der Waals surface area contributed by atoms with Gasteiger partial charge in [-0.05, 0) is 49.0 Å². The summed E-state index contributed by atoms with van der Waals surface area (Å²) < 4.78 is 0. The number of carboxylic acid groups (broad SMARTS) is 2. The van der Waals surface area contributed by atoms with Crippen LogP contribution in [0, 0.1) is 0 Å². The van der Waals surface area contributed by atoms with Crippen LogP contribution >= 0.6 is 11.8 Å². The van der Waals surface area contributed by atoms with Gasteiger partial charge in [-0.25, -0.2) is 4.79 Å². The number of likely N-dealkylation sites (tertiary alicyclic amines) is 1. The summed E-state index contributed by atoms with van der Waals surface area (Å²) in [6.45, 7) is 0.202. The molecule has 0 aromatic heterocycles. The van der Waals surface area contributed by atoms with E-state index in [0.717, 1.165) is 0 Å². The maximum Gasteiger partial charge on any atom is 0.326 e. The second-order valence-electron chi connectivity index (χ2n) is 8.51. The molecule has 1 heterocycles. The molecule has 7 N–H and O–H groups in total. The summed E-state index contributed by atoms with van der Waals surface area (Å²) in [6.07, 6.45) is 2.27. The van der Waals surface area contributed by atoms with E-state index in [2.05, 4.69) is 10.6 Å². The van der Waals surface area contributed by atoms with E-state index in [1.165, 1.54) is 28.8 Å². The fraction of sp³-hybridized carbons (Fsp3) is 0.522. The highest BCUT2D eigenvalue weighted by molar-refractivity contribution is 7.98. The van der Waals surface area contributed by atoms with Crippen LogP contribution in [0.2, 0.25) is 0 Å². The SMILES string of the molecule is CSCCC(N)C(=O)NC(Cc1ccc(O)cc1)C(=O)N1CCCC1C(=O)NC(CC(=O)O)C(=O)O. The minimum atomic E-state index is -1.64. The molecule has 0 aliphatic carbocycles. The lowest BCUT2D eigenvalue weighted by Gasteiger charge is -2.30. The number of thioether (sulfide) groups is 1. The largest absolute Gasteiger partial charge is 0.508 e. The van der Waals surface area contributed by atoms with Gasteiger partial charge in [0.25, 0.3) is 0 Å². The molecule has 3 amide bonds. The molecular weight excluding hydrogens is 492 g/mol. The Bertz CT molecular complexity index is 958. The molecule has 2 rings (SSSR count). The lowest BCUT2D eigenvalue weighted by molar-refractivity contribution is -0.148. The minimum absolute atomic E-state index is 0.0374. The second kappa shape index (κ2) is 13.7. The van der Waals surface area contributed by atoms with E-state index in [1.54, 1.807) is 12.1 Å². The van der Waals surface area contributed by atoms with E-state index in [-0.39, 0.29) is 25.1 Å². The van der Waals surface area contributed by atoms with Gasteiger partial charge in [-0.15, -0.1) is 0 Å². The Kier molecular flexibility index (Phi) is 11.0. The number of nitrogens with zero attached hydrogens (tertiary/aromatic N) is 1. The average molecular weight is 525 g/mol. The molecule has 1 fully saturated rings. The van der Waals surface area contributed by atoms with Gasteiger partial charge < -0.3 is 36.6 Å². The van der Waals surface area contributed by atoms with Gasteiger partial charge in [0.1, 0.15) is 23.9 Å². The molecule has 4 atom stereocenters. The summed E-state index contributed by atoms with van der Waals surface area (Å²) >= 11 is 1.53. The fourth-order valence-corrected chi connectivity index (χ4v) is 4.36. The number of hydrogen-bond acceptors (Lipinski definition) is 8. The van der Waals surface area contributed by atoms with Crippen molar-refractivity contribution in [2.24, 2.45) is 5.73 Å². The summed E-state index contributed by atoms with van der Waals surface area (Å²) in [5.41, 5.74) is 6.62. The van der Waals surface area contributed by atoms with Gasteiger partial charge in [0.15, 0.2) is 0 Å². The van der Waals surface area contributed by atoms with Crippen LogP contribution in [0.15, 0.2) is 24.3 Å². The van der Waals surface area contributed by atoms with Gasteiger partial charge in [-0.2, -0.15) is 11.8 Å². The number of carbonyl (C=O) groups excluding carboxylic acids is 3.